The molecule has 0 atom stereocenters. The number of hydrogen-bond donors (Lipinski definition) is 1. The largest absolute Gasteiger partial charge is 0.378 e. The van der Waals surface area contributed by atoms with E-state index in [9.17, 15) is 9.18 Å². The van der Waals surface area contributed by atoms with E-state index < -0.39 is 5.82 Å². The van der Waals surface area contributed by atoms with Crippen molar-refractivity contribution in [2.45, 2.75) is 0 Å². The van der Waals surface area contributed by atoms with Gasteiger partial charge in [0.25, 0.3) is 0 Å². The van der Waals surface area contributed by atoms with Crippen molar-refractivity contribution in [2.75, 3.05) is 31.6 Å². The van der Waals surface area contributed by atoms with Crippen LogP contribution in [-0.4, -0.2) is 37.2 Å². The van der Waals surface area contributed by atoms with Gasteiger partial charge in [0.1, 0.15) is 5.82 Å². The Labute approximate surface area is 117 Å². The van der Waals surface area contributed by atoms with Crippen LogP contribution in [0.4, 0.5) is 14.9 Å². The van der Waals surface area contributed by atoms with E-state index in [1.54, 1.807) is 4.90 Å². The number of urea groups is 1. The highest BCUT2D eigenvalue weighted by Crippen LogP contribution is 2.31. The van der Waals surface area contributed by atoms with Gasteiger partial charge < -0.3 is 15.0 Å². The molecule has 1 aromatic rings. The van der Waals surface area contributed by atoms with Crippen molar-refractivity contribution in [3.63, 3.8) is 0 Å². The Bertz CT molecular complexity index is 443. The molecule has 1 heterocycles. The lowest BCUT2D eigenvalue weighted by Gasteiger charge is -2.27. The molecule has 0 spiro atoms. The number of anilines is 1. The van der Waals surface area contributed by atoms with Crippen LogP contribution in [0.25, 0.3) is 0 Å². The second-order valence-corrected chi connectivity index (χ2v) is 5.04. The Morgan fingerprint density at radius 3 is 2.72 bits per heavy atom. The first kappa shape index (κ1) is 13.6. The van der Waals surface area contributed by atoms with E-state index in [0.717, 1.165) is 6.07 Å². The first-order valence-electron chi connectivity index (χ1n) is 5.36. The number of nitrogens with one attached hydrogen (secondary N) is 1. The molecule has 0 unspecified atom stereocenters. The highest BCUT2D eigenvalue weighted by molar-refractivity contribution is 9.10. The fraction of sp³-hybridized carbons (Fsp3) is 0.364. The number of nitrogens with zero attached hydrogens (tertiary/aromatic N) is 1. The maximum atomic E-state index is 13.0. The minimum Gasteiger partial charge on any atom is -0.378 e. The number of morpholine rings is 1. The fourth-order valence-corrected chi connectivity index (χ4v) is 2.51. The summed E-state index contributed by atoms with van der Waals surface area (Å²) in [4.78, 5) is 13.6. The zero-order valence-corrected chi connectivity index (χ0v) is 11.7. The summed E-state index contributed by atoms with van der Waals surface area (Å²) in [6.07, 6.45) is 0. The summed E-state index contributed by atoms with van der Waals surface area (Å²) >= 11 is 9.06. The number of rotatable bonds is 1. The molecule has 0 aliphatic carbocycles. The van der Waals surface area contributed by atoms with Crippen molar-refractivity contribution >= 4 is 39.2 Å². The molecule has 18 heavy (non-hydrogen) atoms. The minimum absolute atomic E-state index is 0.156. The molecule has 0 bridgehead atoms. The van der Waals surface area contributed by atoms with Gasteiger partial charge in [0.15, 0.2) is 0 Å². The van der Waals surface area contributed by atoms with Crippen LogP contribution in [0, 0.1) is 5.82 Å². The molecule has 1 fully saturated rings. The lowest BCUT2D eigenvalue weighted by atomic mass is 10.3. The molecule has 1 saturated heterocycles. The zero-order chi connectivity index (χ0) is 13.1. The van der Waals surface area contributed by atoms with Crippen LogP contribution >= 0.6 is 27.5 Å². The third-order valence-corrected chi connectivity index (χ3v) is 3.46. The number of benzene rings is 1. The molecule has 0 aromatic heterocycles. The highest BCUT2D eigenvalue weighted by atomic mass is 79.9. The van der Waals surface area contributed by atoms with Crippen molar-refractivity contribution in [3.8, 4) is 0 Å². The predicted molar refractivity (Wildman–Crippen MR) is 70.5 cm³/mol. The van der Waals surface area contributed by atoms with Crippen LogP contribution < -0.4 is 5.32 Å². The van der Waals surface area contributed by atoms with Crippen LogP contribution in [0.2, 0.25) is 5.02 Å². The van der Waals surface area contributed by atoms with E-state index in [-0.39, 0.29) is 11.1 Å². The van der Waals surface area contributed by atoms with Crippen LogP contribution in [-0.2, 0) is 4.74 Å². The Hall–Kier alpha value is -0.850. The number of hydrogen-bond acceptors (Lipinski definition) is 2. The summed E-state index contributed by atoms with van der Waals surface area (Å²) in [5, 5.41) is 2.82. The molecule has 1 N–H and O–H groups in total. The summed E-state index contributed by atoms with van der Waals surface area (Å²) in [6.45, 7) is 2.10. The van der Waals surface area contributed by atoms with E-state index in [4.69, 9.17) is 16.3 Å². The maximum Gasteiger partial charge on any atom is 0.322 e. The summed E-state index contributed by atoms with van der Waals surface area (Å²) in [7, 11) is 0. The average molecular weight is 338 g/mol. The van der Waals surface area contributed by atoms with Gasteiger partial charge in [-0.15, -0.1) is 0 Å². The van der Waals surface area contributed by atoms with Crippen LogP contribution in [0.5, 0.6) is 0 Å². The van der Waals surface area contributed by atoms with Gasteiger partial charge in [-0.1, -0.05) is 11.6 Å². The highest BCUT2D eigenvalue weighted by Gasteiger charge is 2.19. The number of amides is 2. The van der Waals surface area contributed by atoms with Gasteiger partial charge >= 0.3 is 6.03 Å². The predicted octanol–water partition coefficient (Wildman–Crippen LogP) is 3.11. The monoisotopic (exact) mass is 336 g/mol. The molecule has 2 rings (SSSR count). The van der Waals surface area contributed by atoms with E-state index in [1.165, 1.54) is 6.07 Å². The Morgan fingerprint density at radius 2 is 2.11 bits per heavy atom. The quantitative estimate of drug-likeness (QED) is 0.855. The van der Waals surface area contributed by atoms with Gasteiger partial charge in [0.05, 0.1) is 23.9 Å². The van der Waals surface area contributed by atoms with E-state index in [0.29, 0.717) is 36.5 Å². The molecule has 1 aliphatic heterocycles. The standard InChI is InChI=1S/C11H11BrClFN2O2/c12-8-5-7(14)6-9(13)10(8)15-11(17)16-1-3-18-4-2-16/h5-6H,1-4H2,(H,15,17). The minimum atomic E-state index is -0.462. The third kappa shape index (κ3) is 3.13. The molecule has 0 radical (unpaired) electrons. The molecule has 0 saturated carbocycles. The van der Waals surface area contributed by atoms with E-state index >= 15 is 0 Å². The van der Waals surface area contributed by atoms with Crippen LogP contribution in [0.15, 0.2) is 16.6 Å². The fourth-order valence-electron chi connectivity index (χ4n) is 1.61. The molecule has 1 aromatic carbocycles. The second kappa shape index (κ2) is 5.86. The van der Waals surface area contributed by atoms with Gasteiger partial charge in [-0.2, -0.15) is 0 Å². The maximum absolute atomic E-state index is 13.0. The molecule has 4 nitrogen and oxygen atoms in total. The number of carbonyl (C=O) groups excluding carboxylic acids is 1. The summed E-state index contributed by atoms with van der Waals surface area (Å²) in [6, 6.07) is 2.13. The summed E-state index contributed by atoms with van der Waals surface area (Å²) in [5.74, 6) is -0.462. The summed E-state index contributed by atoms with van der Waals surface area (Å²) in [5.41, 5.74) is 0.370. The molecule has 98 valence electrons. The third-order valence-electron chi connectivity index (χ3n) is 2.54. The summed E-state index contributed by atoms with van der Waals surface area (Å²) < 4.78 is 18.6. The Kier molecular flexibility index (Phi) is 4.42. The first-order chi connectivity index (χ1) is 8.58. The normalized spacial score (nSPS) is 15.6. The van der Waals surface area contributed by atoms with Gasteiger partial charge in [0, 0.05) is 17.6 Å². The number of halogens is 3. The SMILES string of the molecule is O=C(Nc1c(Cl)cc(F)cc1Br)N1CCOCC1. The van der Waals surface area contributed by atoms with Gasteiger partial charge in [-0.05, 0) is 28.1 Å². The number of ether oxygens (including phenoxy) is 1. The van der Waals surface area contributed by atoms with Crippen LogP contribution in [0.1, 0.15) is 0 Å². The Balaban J connectivity index is 2.11. The molecular formula is C11H11BrClFN2O2. The smallest absolute Gasteiger partial charge is 0.322 e. The average Bonchev–Trinajstić information content (AvgIpc) is 2.34. The van der Waals surface area contributed by atoms with Crippen LogP contribution in [0.3, 0.4) is 0 Å². The first-order valence-corrected chi connectivity index (χ1v) is 6.53. The lowest BCUT2D eigenvalue weighted by Crippen LogP contribution is -2.43. The van der Waals surface area contributed by atoms with E-state index in [2.05, 4.69) is 21.2 Å². The molecule has 1 aliphatic rings. The Morgan fingerprint density at radius 1 is 1.44 bits per heavy atom. The van der Waals surface area contributed by atoms with Gasteiger partial charge in [-0.25, -0.2) is 9.18 Å². The van der Waals surface area contributed by atoms with Gasteiger partial charge in [0.2, 0.25) is 0 Å². The topological polar surface area (TPSA) is 41.6 Å². The van der Waals surface area contributed by atoms with Crippen molar-refractivity contribution in [3.05, 3.63) is 27.4 Å². The second-order valence-electron chi connectivity index (χ2n) is 3.77. The number of carbonyl (C=O) groups is 1. The van der Waals surface area contributed by atoms with Gasteiger partial charge in [-0.3, -0.25) is 0 Å². The van der Waals surface area contributed by atoms with Crippen molar-refractivity contribution < 1.29 is 13.9 Å². The molecule has 2 amide bonds. The van der Waals surface area contributed by atoms with E-state index in [1.807, 2.05) is 0 Å². The lowest BCUT2D eigenvalue weighted by molar-refractivity contribution is 0.0564. The zero-order valence-electron chi connectivity index (χ0n) is 9.38. The molecule has 7 heteroatoms. The van der Waals surface area contributed by atoms with Crippen molar-refractivity contribution in [2.24, 2.45) is 0 Å². The molecular weight excluding hydrogens is 326 g/mol. The van der Waals surface area contributed by atoms with Crippen molar-refractivity contribution in [1.82, 2.24) is 4.90 Å². The van der Waals surface area contributed by atoms with Crippen molar-refractivity contribution in [1.29, 1.82) is 0 Å².